The highest BCUT2D eigenvalue weighted by Crippen LogP contribution is 2.28. The molecular weight excluding hydrogens is 320 g/mol. The van der Waals surface area contributed by atoms with Crippen LogP contribution in [0.3, 0.4) is 0 Å². The summed E-state index contributed by atoms with van der Waals surface area (Å²) in [6.45, 7) is 4.23. The van der Waals surface area contributed by atoms with Crippen LogP contribution in [0.2, 0.25) is 0 Å². The topological polar surface area (TPSA) is 114 Å². The Morgan fingerprint density at radius 3 is 2.52 bits per heavy atom. The third-order valence-corrected chi connectivity index (χ3v) is 3.18. The Morgan fingerprint density at radius 2 is 1.88 bits per heavy atom. The highest BCUT2D eigenvalue weighted by molar-refractivity contribution is 5.91. The van der Waals surface area contributed by atoms with Gasteiger partial charge in [-0.2, -0.15) is 0 Å². The van der Waals surface area contributed by atoms with Gasteiger partial charge in [0.2, 0.25) is 6.21 Å². The Balaban J connectivity index is 2.21. The van der Waals surface area contributed by atoms with Gasteiger partial charge in [-0.05, 0) is 44.2 Å². The van der Waals surface area contributed by atoms with Gasteiger partial charge < -0.3 is 20.9 Å². The molecule has 2 aromatic carbocycles. The molecule has 130 valence electrons. The average Bonchev–Trinajstić information content (AvgIpc) is 2.57. The van der Waals surface area contributed by atoms with Crippen LogP contribution in [0, 0.1) is 6.92 Å². The van der Waals surface area contributed by atoms with E-state index in [1.165, 1.54) is 0 Å². The molecule has 25 heavy (non-hydrogen) atoms. The van der Waals surface area contributed by atoms with E-state index in [0.717, 1.165) is 11.1 Å². The largest absolute Gasteiger partial charge is 0.490 e. The molecule has 0 saturated heterocycles. The third kappa shape index (κ3) is 5.35. The minimum absolute atomic E-state index is 0.0788. The Labute approximate surface area is 146 Å². The number of hydrogen-bond donors (Lipinski definition) is 3. The van der Waals surface area contributed by atoms with Gasteiger partial charge >= 0.3 is 5.97 Å². The van der Waals surface area contributed by atoms with Crippen LogP contribution in [-0.4, -0.2) is 24.8 Å². The molecule has 2 rings (SSSR count). The molecule has 0 unspecified atom stereocenters. The summed E-state index contributed by atoms with van der Waals surface area (Å²) in [5.74, 6) is 0.260. The molecule has 0 saturated carbocycles. The zero-order chi connectivity index (χ0) is 18.2. The summed E-state index contributed by atoms with van der Waals surface area (Å²) in [5.41, 5.74) is 12.8. The van der Waals surface area contributed by atoms with E-state index in [-0.39, 0.29) is 5.96 Å². The molecule has 0 amide bonds. The van der Waals surface area contributed by atoms with Crippen molar-refractivity contribution in [3.63, 3.8) is 0 Å². The minimum atomic E-state index is -0.448. The highest BCUT2D eigenvalue weighted by Gasteiger charge is 2.13. The molecule has 0 aliphatic carbocycles. The molecule has 7 heteroatoms. The van der Waals surface area contributed by atoms with Crippen LogP contribution in [0.25, 0.3) is 0 Å². The molecule has 0 spiro atoms. The maximum Gasteiger partial charge on any atom is 0.343 e. The molecule has 0 aliphatic heterocycles. The molecule has 0 aliphatic rings. The van der Waals surface area contributed by atoms with E-state index in [4.69, 9.17) is 20.9 Å². The third-order valence-electron chi connectivity index (χ3n) is 3.18. The fourth-order valence-corrected chi connectivity index (χ4v) is 2.00. The van der Waals surface area contributed by atoms with Crippen molar-refractivity contribution in [2.24, 2.45) is 16.6 Å². The summed E-state index contributed by atoms with van der Waals surface area (Å²) in [6, 6.07) is 12.3. The Hall–Kier alpha value is -3.35. The lowest BCUT2D eigenvalue weighted by atomic mass is 10.1. The second-order valence-electron chi connectivity index (χ2n) is 5.20. The summed E-state index contributed by atoms with van der Waals surface area (Å²) in [7, 11) is 0. The smallest absolute Gasteiger partial charge is 0.343 e. The molecule has 0 atom stereocenters. The van der Waals surface area contributed by atoms with E-state index in [2.05, 4.69) is 10.2 Å². The van der Waals surface area contributed by atoms with Crippen LogP contribution in [0.1, 0.15) is 28.4 Å². The molecule has 0 fully saturated rings. The van der Waals surface area contributed by atoms with Crippen LogP contribution < -0.4 is 26.0 Å². The highest BCUT2D eigenvalue weighted by atomic mass is 16.6. The SMILES string of the molecule is CCOc1cc(C=[NH+]N=C(N)N)ccc1OC(=O)c1ccc(C)cc1. The fourth-order valence-electron chi connectivity index (χ4n) is 2.00. The molecular formula is C18H21N4O3+. The number of ether oxygens (including phenoxy) is 2. The van der Waals surface area contributed by atoms with Crippen molar-refractivity contribution in [1.29, 1.82) is 0 Å². The average molecular weight is 341 g/mol. The molecule has 0 bridgehead atoms. The van der Waals surface area contributed by atoms with E-state index in [1.807, 2.05) is 26.0 Å². The Bertz CT molecular complexity index is 794. The number of esters is 1. The first-order valence-corrected chi connectivity index (χ1v) is 7.72. The molecule has 0 heterocycles. The maximum absolute atomic E-state index is 12.3. The van der Waals surface area contributed by atoms with Crippen molar-refractivity contribution >= 4 is 18.1 Å². The van der Waals surface area contributed by atoms with Crippen LogP contribution >= 0.6 is 0 Å². The quantitative estimate of drug-likeness (QED) is 0.230. The minimum Gasteiger partial charge on any atom is -0.490 e. The lowest BCUT2D eigenvalue weighted by Crippen LogP contribution is -2.63. The first-order valence-electron chi connectivity index (χ1n) is 7.72. The van der Waals surface area contributed by atoms with Crippen LogP contribution in [-0.2, 0) is 0 Å². The number of benzene rings is 2. The zero-order valence-corrected chi connectivity index (χ0v) is 14.2. The molecule has 0 radical (unpaired) electrons. The number of nitrogens with one attached hydrogen (secondary N) is 1. The van der Waals surface area contributed by atoms with E-state index in [0.29, 0.717) is 23.7 Å². The number of carbonyl (C=O) groups is 1. The summed E-state index contributed by atoms with van der Waals surface area (Å²) >= 11 is 0. The van der Waals surface area contributed by atoms with Gasteiger partial charge in [0.15, 0.2) is 11.5 Å². The fraction of sp³-hybridized carbons (Fsp3) is 0.167. The predicted molar refractivity (Wildman–Crippen MR) is 95.7 cm³/mol. The van der Waals surface area contributed by atoms with Gasteiger partial charge in [0, 0.05) is 10.7 Å². The van der Waals surface area contributed by atoms with Gasteiger partial charge in [-0.3, -0.25) is 0 Å². The number of nitrogens with zero attached hydrogens (tertiary/aromatic N) is 1. The van der Waals surface area contributed by atoms with Crippen molar-refractivity contribution in [1.82, 2.24) is 0 Å². The second kappa shape index (κ2) is 8.49. The number of hydrazone groups is 1. The van der Waals surface area contributed by atoms with Crippen molar-refractivity contribution < 1.29 is 19.4 Å². The van der Waals surface area contributed by atoms with Crippen LogP contribution in [0.4, 0.5) is 0 Å². The number of carbonyl (C=O) groups excluding carboxylic acids is 1. The number of aryl methyl sites for hydroxylation is 1. The molecule has 0 aromatic heterocycles. The van der Waals surface area contributed by atoms with E-state index < -0.39 is 5.97 Å². The normalized spacial score (nSPS) is 10.5. The summed E-state index contributed by atoms with van der Waals surface area (Å²) in [5, 5.41) is 6.27. The van der Waals surface area contributed by atoms with Gasteiger partial charge in [0.1, 0.15) is 0 Å². The van der Waals surface area contributed by atoms with E-state index in [9.17, 15) is 4.79 Å². The monoisotopic (exact) mass is 341 g/mol. The van der Waals surface area contributed by atoms with Crippen molar-refractivity contribution in [2.45, 2.75) is 13.8 Å². The first-order chi connectivity index (χ1) is 12.0. The lowest BCUT2D eigenvalue weighted by molar-refractivity contribution is -0.456. The predicted octanol–water partition coefficient (Wildman–Crippen LogP) is 0.301. The van der Waals surface area contributed by atoms with Crippen molar-refractivity contribution in [3.8, 4) is 11.5 Å². The maximum atomic E-state index is 12.3. The van der Waals surface area contributed by atoms with Gasteiger partial charge in [-0.15, -0.1) is 5.10 Å². The van der Waals surface area contributed by atoms with E-state index >= 15 is 0 Å². The van der Waals surface area contributed by atoms with Crippen molar-refractivity contribution in [2.75, 3.05) is 6.61 Å². The van der Waals surface area contributed by atoms with Gasteiger partial charge in [-0.25, -0.2) is 4.79 Å². The number of hydrogen-bond acceptors (Lipinski definition) is 4. The number of nitrogens with two attached hydrogens (primary N) is 2. The Kier molecular flexibility index (Phi) is 6.11. The van der Waals surface area contributed by atoms with Gasteiger partial charge in [-0.1, -0.05) is 17.7 Å². The summed E-state index contributed by atoms with van der Waals surface area (Å²) in [6.07, 6.45) is 1.59. The number of guanidine groups is 1. The van der Waals surface area contributed by atoms with Gasteiger partial charge in [0.25, 0.3) is 5.96 Å². The molecule has 5 N–H and O–H groups in total. The summed E-state index contributed by atoms with van der Waals surface area (Å²) in [4.78, 5) is 12.3. The standard InChI is InChI=1S/C18H20N4O3/c1-3-24-16-10-13(11-21-22-18(19)20)6-9-15(16)25-17(23)14-7-4-12(2)5-8-14/h4-11H,3H2,1-2H3,(H4,19,20,22)/p+1. The number of rotatable bonds is 6. The van der Waals surface area contributed by atoms with Gasteiger partial charge in [0.05, 0.1) is 12.2 Å². The first kappa shape index (κ1) is 18.0. The van der Waals surface area contributed by atoms with Crippen LogP contribution in [0.15, 0.2) is 47.6 Å². The second-order valence-corrected chi connectivity index (χ2v) is 5.20. The van der Waals surface area contributed by atoms with Crippen LogP contribution in [0.5, 0.6) is 11.5 Å². The molecule has 7 nitrogen and oxygen atoms in total. The Morgan fingerprint density at radius 1 is 1.16 bits per heavy atom. The lowest BCUT2D eigenvalue weighted by Gasteiger charge is -2.11. The zero-order valence-electron chi connectivity index (χ0n) is 14.2. The van der Waals surface area contributed by atoms with E-state index in [1.54, 1.807) is 36.5 Å². The molecule has 2 aromatic rings. The van der Waals surface area contributed by atoms with Crippen molar-refractivity contribution in [3.05, 3.63) is 59.2 Å². The summed E-state index contributed by atoms with van der Waals surface area (Å²) < 4.78 is 11.0.